The van der Waals surface area contributed by atoms with Crippen LogP contribution in [0.2, 0.25) is 0 Å². The molecule has 0 aliphatic rings. The van der Waals surface area contributed by atoms with Crippen molar-refractivity contribution >= 4 is 16.9 Å². The molecule has 0 aromatic heterocycles. The third-order valence-electron chi connectivity index (χ3n) is 3.91. The summed E-state index contributed by atoms with van der Waals surface area (Å²) in [6.45, 7) is 13.4. The zero-order valence-electron chi connectivity index (χ0n) is 15.7. The molecule has 0 spiro atoms. The topological polar surface area (TPSA) is 77.8 Å². The van der Waals surface area contributed by atoms with E-state index in [0.29, 0.717) is 5.56 Å². The van der Waals surface area contributed by atoms with Gasteiger partial charge in [0.15, 0.2) is 5.12 Å². The molecule has 1 aromatic rings. The number of rotatable bonds is 4. The number of carbonyl (C=O) groups is 1. The van der Waals surface area contributed by atoms with E-state index in [-0.39, 0.29) is 27.4 Å². The highest BCUT2D eigenvalue weighted by Crippen LogP contribution is 2.41. The van der Waals surface area contributed by atoms with Gasteiger partial charge in [0.05, 0.1) is 6.10 Å². The molecule has 2 atom stereocenters. The van der Waals surface area contributed by atoms with Crippen molar-refractivity contribution < 1.29 is 20.1 Å². The quantitative estimate of drug-likeness (QED) is 0.769. The van der Waals surface area contributed by atoms with E-state index >= 15 is 0 Å². The van der Waals surface area contributed by atoms with Gasteiger partial charge in [0.1, 0.15) is 11.9 Å². The predicted octanol–water partition coefficient (Wildman–Crippen LogP) is 3.66. The Balaban J connectivity index is 3.35. The van der Waals surface area contributed by atoms with Crippen LogP contribution in [-0.2, 0) is 15.6 Å². The summed E-state index contributed by atoms with van der Waals surface area (Å²) in [6, 6.07) is 3.49. The summed E-state index contributed by atoms with van der Waals surface area (Å²) >= 11 is 0.987. The summed E-state index contributed by atoms with van der Waals surface area (Å²) in [4.78, 5) is 11.1. The second-order valence-electron chi connectivity index (χ2n) is 8.28. The summed E-state index contributed by atoms with van der Waals surface area (Å²) in [6.07, 6.45) is -2.16. The third kappa shape index (κ3) is 5.23. The lowest BCUT2D eigenvalue weighted by atomic mass is 9.77. The average Bonchev–Trinajstić information content (AvgIpc) is 2.41. The largest absolute Gasteiger partial charge is 0.507 e. The normalized spacial score (nSPS) is 15.2. The molecule has 1 aromatic carbocycles. The van der Waals surface area contributed by atoms with Crippen molar-refractivity contribution in [1.82, 2.24) is 0 Å². The lowest BCUT2D eigenvalue weighted by Gasteiger charge is -2.29. The third-order valence-corrected chi connectivity index (χ3v) is 4.83. The first-order chi connectivity index (χ1) is 10.7. The van der Waals surface area contributed by atoms with Gasteiger partial charge in [0, 0.05) is 12.7 Å². The molecule has 2 unspecified atom stereocenters. The molecule has 0 aliphatic heterocycles. The molecule has 0 amide bonds. The fraction of sp³-hybridized carbons (Fsp3) is 0.632. The van der Waals surface area contributed by atoms with Crippen LogP contribution in [0.15, 0.2) is 12.1 Å². The molecule has 3 N–H and O–H groups in total. The summed E-state index contributed by atoms with van der Waals surface area (Å²) in [5, 5.41) is 31.3. The number of aliphatic hydroxyl groups is 2. The van der Waals surface area contributed by atoms with Gasteiger partial charge in [-0.15, -0.1) is 0 Å². The molecule has 0 heterocycles. The molecule has 1 rings (SSSR count). The summed E-state index contributed by atoms with van der Waals surface area (Å²) in [5.41, 5.74) is 1.41. The minimum absolute atomic E-state index is 0.0993. The predicted molar refractivity (Wildman–Crippen MR) is 99.6 cm³/mol. The van der Waals surface area contributed by atoms with Crippen LogP contribution in [0.4, 0.5) is 0 Å². The van der Waals surface area contributed by atoms with E-state index in [9.17, 15) is 20.1 Å². The molecule has 0 radical (unpaired) electrons. The molecule has 4 nitrogen and oxygen atoms in total. The number of hydrogen-bond acceptors (Lipinski definition) is 5. The maximum atomic E-state index is 11.1. The molecule has 0 bridgehead atoms. The Morgan fingerprint density at radius 2 is 1.46 bits per heavy atom. The van der Waals surface area contributed by atoms with E-state index in [0.717, 1.165) is 22.9 Å². The first-order valence-corrected chi connectivity index (χ1v) is 9.11. The van der Waals surface area contributed by atoms with E-state index in [1.807, 2.05) is 41.5 Å². The van der Waals surface area contributed by atoms with Gasteiger partial charge in [0.2, 0.25) is 0 Å². The second kappa shape index (κ2) is 7.46. The van der Waals surface area contributed by atoms with Crippen LogP contribution in [0.3, 0.4) is 0 Å². The molecule has 5 heteroatoms. The first kappa shape index (κ1) is 21.0. The Morgan fingerprint density at radius 1 is 1.04 bits per heavy atom. The molecule has 0 fully saturated rings. The van der Waals surface area contributed by atoms with Gasteiger partial charge in [-0.2, -0.15) is 0 Å². The van der Waals surface area contributed by atoms with Crippen LogP contribution in [0.1, 0.15) is 71.3 Å². The van der Waals surface area contributed by atoms with Crippen LogP contribution < -0.4 is 0 Å². The number of aromatic hydroxyl groups is 1. The van der Waals surface area contributed by atoms with Gasteiger partial charge in [0.25, 0.3) is 0 Å². The van der Waals surface area contributed by atoms with Gasteiger partial charge in [-0.25, -0.2) is 0 Å². The number of thioether (sulfide) groups is 1. The zero-order chi connectivity index (χ0) is 18.9. The van der Waals surface area contributed by atoms with E-state index < -0.39 is 12.2 Å². The van der Waals surface area contributed by atoms with E-state index in [4.69, 9.17) is 0 Å². The number of phenols is 1. The Labute approximate surface area is 149 Å². The maximum absolute atomic E-state index is 11.1. The summed E-state index contributed by atoms with van der Waals surface area (Å²) in [5.74, 6) is 0.367. The summed E-state index contributed by atoms with van der Waals surface area (Å²) < 4.78 is 0. The van der Waals surface area contributed by atoms with Gasteiger partial charge in [-0.1, -0.05) is 53.3 Å². The molecule has 0 aliphatic carbocycles. The number of carbonyl (C=O) groups excluding carboxylic acids is 1. The van der Waals surface area contributed by atoms with Gasteiger partial charge in [-0.3, -0.25) is 4.79 Å². The highest BCUT2D eigenvalue weighted by atomic mass is 32.2. The molecule has 136 valence electrons. The van der Waals surface area contributed by atoms with Gasteiger partial charge < -0.3 is 15.3 Å². The lowest BCUT2D eigenvalue weighted by molar-refractivity contribution is -0.109. The number of hydrogen-bond donors (Lipinski definition) is 3. The fourth-order valence-corrected chi connectivity index (χ4v) is 3.07. The fourth-order valence-electron chi connectivity index (χ4n) is 2.49. The molecule has 0 saturated heterocycles. The number of phenolic OH excluding ortho intramolecular Hbond substituents is 1. The van der Waals surface area contributed by atoms with E-state index in [1.54, 1.807) is 12.1 Å². The number of aliphatic hydroxyl groups excluding tert-OH is 2. The van der Waals surface area contributed by atoms with Crippen LogP contribution in [-0.4, -0.2) is 32.3 Å². The Morgan fingerprint density at radius 3 is 1.79 bits per heavy atom. The average molecular weight is 355 g/mol. The SMILES string of the molecule is CC(=O)SCC(O)C(O)c1cc(C(C)(C)C)c(O)c(C(C)(C)C)c1. The Kier molecular flexibility index (Phi) is 6.53. The van der Waals surface area contributed by atoms with Crippen molar-refractivity contribution in [3.8, 4) is 5.75 Å². The van der Waals surface area contributed by atoms with Crippen molar-refractivity contribution in [2.75, 3.05) is 5.75 Å². The van der Waals surface area contributed by atoms with Crippen LogP contribution in [0.5, 0.6) is 5.75 Å². The zero-order valence-corrected chi connectivity index (χ0v) is 16.5. The van der Waals surface area contributed by atoms with E-state index in [1.165, 1.54) is 6.92 Å². The standard InChI is InChI=1S/C19H30O4S/c1-11(20)24-10-15(21)16(22)12-8-13(18(2,3)4)17(23)14(9-12)19(5,6)7/h8-9,15-16,21-23H,10H2,1-7H3. The first-order valence-electron chi connectivity index (χ1n) is 8.12. The smallest absolute Gasteiger partial charge is 0.185 e. The van der Waals surface area contributed by atoms with Gasteiger partial charge in [-0.05, 0) is 39.7 Å². The van der Waals surface area contributed by atoms with Crippen LogP contribution in [0.25, 0.3) is 0 Å². The highest BCUT2D eigenvalue weighted by molar-refractivity contribution is 8.13. The second-order valence-corrected chi connectivity index (χ2v) is 9.48. The molecule has 0 saturated carbocycles. The van der Waals surface area contributed by atoms with Crippen molar-refractivity contribution in [1.29, 1.82) is 0 Å². The van der Waals surface area contributed by atoms with Crippen molar-refractivity contribution in [2.24, 2.45) is 0 Å². The monoisotopic (exact) mass is 354 g/mol. The minimum atomic E-state index is -1.11. The van der Waals surface area contributed by atoms with Crippen molar-refractivity contribution in [3.63, 3.8) is 0 Å². The molecule has 24 heavy (non-hydrogen) atoms. The Bertz CT molecular complexity index is 561. The highest BCUT2D eigenvalue weighted by Gasteiger charge is 2.29. The van der Waals surface area contributed by atoms with Crippen molar-refractivity contribution in [3.05, 3.63) is 28.8 Å². The van der Waals surface area contributed by atoms with Crippen molar-refractivity contribution in [2.45, 2.75) is 71.5 Å². The Hall–Kier alpha value is -1.04. The van der Waals surface area contributed by atoms with Crippen LogP contribution in [0, 0.1) is 0 Å². The van der Waals surface area contributed by atoms with Gasteiger partial charge >= 0.3 is 0 Å². The molecular weight excluding hydrogens is 324 g/mol. The van der Waals surface area contributed by atoms with Crippen LogP contribution >= 0.6 is 11.8 Å². The van der Waals surface area contributed by atoms with E-state index in [2.05, 4.69) is 0 Å². The lowest BCUT2D eigenvalue weighted by Crippen LogP contribution is -2.24. The number of benzene rings is 1. The minimum Gasteiger partial charge on any atom is -0.507 e. The maximum Gasteiger partial charge on any atom is 0.185 e. The molecular formula is C19H30O4S. The summed E-state index contributed by atoms with van der Waals surface area (Å²) in [7, 11) is 0.